The molecule has 2 aromatic rings. The van der Waals surface area contributed by atoms with Gasteiger partial charge in [0.25, 0.3) is 5.91 Å². The van der Waals surface area contributed by atoms with Gasteiger partial charge in [-0.1, -0.05) is 18.2 Å². The second-order valence-corrected chi connectivity index (χ2v) is 5.19. The Hall–Kier alpha value is -1.94. The molecule has 1 amide bonds. The number of ketones is 1. The molecule has 0 bridgehead atoms. The van der Waals surface area contributed by atoms with Crippen LogP contribution in [-0.2, 0) is 0 Å². The van der Waals surface area contributed by atoms with Crippen LogP contribution < -0.4 is 4.90 Å². The van der Waals surface area contributed by atoms with Crippen molar-refractivity contribution in [2.75, 3.05) is 11.4 Å². The number of anilines is 1. The predicted octanol–water partition coefficient (Wildman–Crippen LogP) is 3.62. The summed E-state index contributed by atoms with van der Waals surface area (Å²) in [7, 11) is 0. The van der Waals surface area contributed by atoms with E-state index in [0.717, 1.165) is 5.69 Å². The maximum Gasteiger partial charge on any atom is 0.268 e. The van der Waals surface area contributed by atoms with E-state index < -0.39 is 0 Å². The zero-order chi connectivity index (χ0) is 13.8. The summed E-state index contributed by atoms with van der Waals surface area (Å²) in [5.74, 6) is -0.0713. The number of nitrogens with zero attached hydrogens (tertiary/aromatic N) is 1. The van der Waals surface area contributed by atoms with E-state index in [4.69, 9.17) is 0 Å². The average molecular weight is 273 g/mol. The molecule has 0 aliphatic heterocycles. The van der Waals surface area contributed by atoms with Gasteiger partial charge in [0.1, 0.15) is 0 Å². The van der Waals surface area contributed by atoms with E-state index in [1.54, 1.807) is 17.0 Å². The Labute approximate surface area is 116 Å². The number of thiophene rings is 1. The van der Waals surface area contributed by atoms with Crippen LogP contribution >= 0.6 is 11.3 Å². The topological polar surface area (TPSA) is 37.4 Å². The fourth-order valence-corrected chi connectivity index (χ4v) is 2.68. The SMILES string of the molecule is CCN(C(=O)c1ccc(C(C)=O)s1)c1ccccc1. The van der Waals surface area contributed by atoms with Crippen LogP contribution in [0.3, 0.4) is 0 Å². The van der Waals surface area contributed by atoms with Crippen LogP contribution in [-0.4, -0.2) is 18.2 Å². The molecule has 1 heterocycles. The largest absolute Gasteiger partial charge is 0.308 e. The molecule has 0 radical (unpaired) electrons. The second kappa shape index (κ2) is 5.80. The highest BCUT2D eigenvalue weighted by Gasteiger charge is 2.18. The molecule has 1 aromatic heterocycles. The van der Waals surface area contributed by atoms with Gasteiger partial charge in [0, 0.05) is 12.2 Å². The predicted molar refractivity (Wildman–Crippen MR) is 78.1 cm³/mol. The van der Waals surface area contributed by atoms with E-state index in [1.807, 2.05) is 37.3 Å². The van der Waals surface area contributed by atoms with E-state index in [9.17, 15) is 9.59 Å². The third-order valence-corrected chi connectivity index (χ3v) is 3.97. The Balaban J connectivity index is 2.28. The van der Waals surface area contributed by atoms with Crippen molar-refractivity contribution in [3.63, 3.8) is 0 Å². The van der Waals surface area contributed by atoms with E-state index >= 15 is 0 Å². The maximum atomic E-state index is 12.4. The molecule has 19 heavy (non-hydrogen) atoms. The van der Waals surface area contributed by atoms with Crippen molar-refractivity contribution >= 4 is 28.7 Å². The minimum absolute atomic E-state index is 0.00758. The number of hydrogen-bond acceptors (Lipinski definition) is 3. The Bertz CT molecular complexity index is 589. The summed E-state index contributed by atoms with van der Waals surface area (Å²) in [6.45, 7) is 4.04. The van der Waals surface area contributed by atoms with E-state index in [1.165, 1.54) is 18.3 Å². The van der Waals surface area contributed by atoms with Crippen LogP contribution in [0.1, 0.15) is 33.2 Å². The van der Waals surface area contributed by atoms with Gasteiger partial charge in [0.05, 0.1) is 9.75 Å². The lowest BCUT2D eigenvalue weighted by Crippen LogP contribution is -2.29. The molecule has 0 unspecified atom stereocenters. The Morgan fingerprint density at radius 3 is 2.21 bits per heavy atom. The Morgan fingerprint density at radius 2 is 1.68 bits per heavy atom. The molecule has 0 fully saturated rings. The van der Waals surface area contributed by atoms with Crippen LogP contribution in [0.2, 0.25) is 0 Å². The molecule has 0 aliphatic carbocycles. The van der Waals surface area contributed by atoms with Gasteiger partial charge in [-0.15, -0.1) is 11.3 Å². The van der Waals surface area contributed by atoms with Crippen molar-refractivity contribution in [1.82, 2.24) is 0 Å². The Kier molecular flexibility index (Phi) is 4.12. The highest BCUT2D eigenvalue weighted by molar-refractivity contribution is 7.16. The minimum atomic E-state index is -0.0637. The Morgan fingerprint density at radius 1 is 1.05 bits per heavy atom. The van der Waals surface area contributed by atoms with Gasteiger partial charge in [-0.2, -0.15) is 0 Å². The lowest BCUT2D eigenvalue weighted by Gasteiger charge is -2.20. The number of hydrogen-bond donors (Lipinski definition) is 0. The molecule has 0 N–H and O–H groups in total. The van der Waals surface area contributed by atoms with Crippen LogP contribution in [0.5, 0.6) is 0 Å². The summed E-state index contributed by atoms with van der Waals surface area (Å²) in [5, 5.41) is 0. The third kappa shape index (κ3) is 2.90. The molecular formula is C15H15NO2S. The van der Waals surface area contributed by atoms with Gasteiger partial charge in [0.2, 0.25) is 0 Å². The van der Waals surface area contributed by atoms with Crippen LogP contribution in [0.15, 0.2) is 42.5 Å². The number of carbonyl (C=O) groups is 2. The van der Waals surface area contributed by atoms with Crippen LogP contribution in [0, 0.1) is 0 Å². The highest BCUT2D eigenvalue weighted by Crippen LogP contribution is 2.22. The quantitative estimate of drug-likeness (QED) is 0.798. The second-order valence-electron chi connectivity index (χ2n) is 4.11. The smallest absolute Gasteiger partial charge is 0.268 e. The van der Waals surface area contributed by atoms with Crippen molar-refractivity contribution in [3.05, 3.63) is 52.2 Å². The molecule has 4 heteroatoms. The van der Waals surface area contributed by atoms with Crippen LogP contribution in [0.25, 0.3) is 0 Å². The molecule has 98 valence electrons. The summed E-state index contributed by atoms with van der Waals surface area (Å²) in [5.41, 5.74) is 0.868. The number of carbonyl (C=O) groups excluding carboxylic acids is 2. The van der Waals surface area contributed by atoms with Gasteiger partial charge >= 0.3 is 0 Å². The molecular weight excluding hydrogens is 258 g/mol. The summed E-state index contributed by atoms with van der Waals surface area (Å²) in [4.78, 5) is 26.6. The van der Waals surface area contributed by atoms with Crippen LogP contribution in [0.4, 0.5) is 5.69 Å². The number of amides is 1. The van der Waals surface area contributed by atoms with E-state index in [-0.39, 0.29) is 11.7 Å². The molecule has 1 aromatic carbocycles. The van der Waals surface area contributed by atoms with Gasteiger partial charge < -0.3 is 4.90 Å². The fourth-order valence-electron chi connectivity index (χ4n) is 1.83. The normalized spacial score (nSPS) is 10.2. The third-order valence-electron chi connectivity index (χ3n) is 2.79. The fraction of sp³-hybridized carbons (Fsp3) is 0.200. The van der Waals surface area contributed by atoms with Gasteiger partial charge in [0.15, 0.2) is 5.78 Å². The van der Waals surface area contributed by atoms with Crippen molar-refractivity contribution in [2.45, 2.75) is 13.8 Å². The molecule has 0 atom stereocenters. The summed E-state index contributed by atoms with van der Waals surface area (Å²) < 4.78 is 0. The first-order valence-electron chi connectivity index (χ1n) is 6.11. The maximum absolute atomic E-state index is 12.4. The van der Waals surface area contributed by atoms with Crippen molar-refractivity contribution in [3.8, 4) is 0 Å². The van der Waals surface area contributed by atoms with Crippen molar-refractivity contribution < 1.29 is 9.59 Å². The molecule has 0 saturated heterocycles. The molecule has 0 spiro atoms. The van der Waals surface area contributed by atoms with E-state index in [2.05, 4.69) is 0 Å². The highest BCUT2D eigenvalue weighted by atomic mass is 32.1. The van der Waals surface area contributed by atoms with E-state index in [0.29, 0.717) is 16.3 Å². The van der Waals surface area contributed by atoms with Crippen molar-refractivity contribution in [2.24, 2.45) is 0 Å². The standard InChI is InChI=1S/C15H15NO2S/c1-3-16(12-7-5-4-6-8-12)15(18)14-10-9-13(19-14)11(2)17/h4-10H,3H2,1-2H3. The van der Waals surface area contributed by atoms with Gasteiger partial charge in [-0.25, -0.2) is 0 Å². The zero-order valence-corrected chi connectivity index (χ0v) is 11.7. The first kappa shape index (κ1) is 13.5. The summed E-state index contributed by atoms with van der Waals surface area (Å²) in [6.07, 6.45) is 0. The number of benzene rings is 1. The molecule has 3 nitrogen and oxygen atoms in total. The minimum Gasteiger partial charge on any atom is -0.308 e. The van der Waals surface area contributed by atoms with Gasteiger partial charge in [-0.05, 0) is 38.1 Å². The molecule has 2 rings (SSSR count). The number of para-hydroxylation sites is 1. The summed E-state index contributed by atoms with van der Waals surface area (Å²) in [6, 6.07) is 13.0. The zero-order valence-electron chi connectivity index (χ0n) is 10.9. The van der Waals surface area contributed by atoms with Gasteiger partial charge in [-0.3, -0.25) is 9.59 Å². The molecule has 0 saturated carbocycles. The molecule has 0 aliphatic rings. The first-order valence-corrected chi connectivity index (χ1v) is 6.92. The first-order chi connectivity index (χ1) is 9.13. The lowest BCUT2D eigenvalue weighted by atomic mass is 10.2. The number of Topliss-reactive ketones (excluding diaryl/α,β-unsaturated/α-hetero) is 1. The summed E-state index contributed by atoms with van der Waals surface area (Å²) >= 11 is 1.25. The lowest BCUT2D eigenvalue weighted by molar-refractivity contribution is 0.0990. The van der Waals surface area contributed by atoms with Crippen molar-refractivity contribution in [1.29, 1.82) is 0 Å². The monoisotopic (exact) mass is 273 g/mol. The average Bonchev–Trinajstić information content (AvgIpc) is 2.90. The number of rotatable bonds is 4.